The molecular formula is C12H22N2O. The second-order valence-electron chi connectivity index (χ2n) is 4.18. The first-order valence-electron chi connectivity index (χ1n) is 5.69. The van der Waals surface area contributed by atoms with Crippen molar-refractivity contribution in [2.24, 2.45) is 0 Å². The van der Waals surface area contributed by atoms with Crippen LogP contribution in [0.2, 0.25) is 0 Å². The zero-order valence-electron chi connectivity index (χ0n) is 9.83. The number of piperidine rings is 1. The Labute approximate surface area is 93.2 Å². The normalized spacial score (nSPS) is 24.7. The van der Waals surface area contributed by atoms with Crippen LogP contribution < -0.4 is 5.32 Å². The zero-order chi connectivity index (χ0) is 11.1. The number of methoxy groups -OCH3 is 1. The SMILES string of the molecule is C#CCNCC(C)N1CCCC(OC)C1. The van der Waals surface area contributed by atoms with Crippen LogP contribution in [0.15, 0.2) is 0 Å². The van der Waals surface area contributed by atoms with E-state index in [1.807, 2.05) is 0 Å². The van der Waals surface area contributed by atoms with Gasteiger partial charge in [-0.25, -0.2) is 0 Å². The molecule has 1 aliphatic heterocycles. The van der Waals surface area contributed by atoms with Crippen LogP contribution in [0.3, 0.4) is 0 Å². The van der Waals surface area contributed by atoms with Gasteiger partial charge in [0.05, 0.1) is 12.6 Å². The van der Waals surface area contributed by atoms with Gasteiger partial charge < -0.3 is 10.1 Å². The second kappa shape index (κ2) is 6.84. The third kappa shape index (κ3) is 4.21. The van der Waals surface area contributed by atoms with Gasteiger partial charge in [-0.2, -0.15) is 0 Å². The number of likely N-dealkylation sites (tertiary alicyclic amines) is 1. The summed E-state index contributed by atoms with van der Waals surface area (Å²) in [5.41, 5.74) is 0. The highest BCUT2D eigenvalue weighted by molar-refractivity contribution is 4.87. The van der Waals surface area contributed by atoms with E-state index >= 15 is 0 Å². The summed E-state index contributed by atoms with van der Waals surface area (Å²) in [7, 11) is 1.80. The fourth-order valence-electron chi connectivity index (χ4n) is 2.04. The Balaban J connectivity index is 2.26. The smallest absolute Gasteiger partial charge is 0.0698 e. The van der Waals surface area contributed by atoms with E-state index in [9.17, 15) is 0 Å². The Morgan fingerprint density at radius 3 is 3.13 bits per heavy atom. The van der Waals surface area contributed by atoms with Crippen LogP contribution in [-0.4, -0.2) is 50.3 Å². The van der Waals surface area contributed by atoms with Crippen molar-refractivity contribution in [3.63, 3.8) is 0 Å². The average Bonchev–Trinajstić information content (AvgIpc) is 2.29. The molecule has 0 spiro atoms. The van der Waals surface area contributed by atoms with Crippen LogP contribution >= 0.6 is 0 Å². The van der Waals surface area contributed by atoms with Crippen LogP contribution in [-0.2, 0) is 4.74 Å². The first-order valence-corrected chi connectivity index (χ1v) is 5.69. The van der Waals surface area contributed by atoms with Crippen LogP contribution in [0.4, 0.5) is 0 Å². The lowest BCUT2D eigenvalue weighted by Crippen LogP contribution is -2.47. The van der Waals surface area contributed by atoms with E-state index in [2.05, 4.69) is 23.1 Å². The van der Waals surface area contributed by atoms with Gasteiger partial charge in [0.25, 0.3) is 0 Å². The van der Waals surface area contributed by atoms with Gasteiger partial charge >= 0.3 is 0 Å². The average molecular weight is 210 g/mol. The van der Waals surface area contributed by atoms with Crippen molar-refractivity contribution in [3.8, 4) is 12.3 Å². The lowest BCUT2D eigenvalue weighted by Gasteiger charge is -2.36. The van der Waals surface area contributed by atoms with Crippen LogP contribution in [0.1, 0.15) is 19.8 Å². The molecule has 0 amide bonds. The number of rotatable bonds is 5. The van der Waals surface area contributed by atoms with E-state index in [1.54, 1.807) is 7.11 Å². The minimum absolute atomic E-state index is 0.411. The molecule has 0 radical (unpaired) electrons. The van der Waals surface area contributed by atoms with Crippen molar-refractivity contribution < 1.29 is 4.74 Å². The molecule has 1 heterocycles. The number of hydrogen-bond acceptors (Lipinski definition) is 3. The maximum absolute atomic E-state index is 5.40. The lowest BCUT2D eigenvalue weighted by molar-refractivity contribution is 0.0177. The molecule has 0 aromatic rings. The quantitative estimate of drug-likeness (QED) is 0.534. The van der Waals surface area contributed by atoms with Crippen molar-refractivity contribution in [3.05, 3.63) is 0 Å². The van der Waals surface area contributed by atoms with Gasteiger partial charge in [0.2, 0.25) is 0 Å². The molecule has 1 aliphatic rings. The number of hydrogen-bond donors (Lipinski definition) is 1. The molecule has 2 unspecified atom stereocenters. The summed E-state index contributed by atoms with van der Waals surface area (Å²) >= 11 is 0. The Hall–Kier alpha value is -0.560. The molecular weight excluding hydrogens is 188 g/mol. The van der Waals surface area contributed by atoms with Gasteiger partial charge in [-0.15, -0.1) is 6.42 Å². The van der Waals surface area contributed by atoms with E-state index in [1.165, 1.54) is 19.4 Å². The van der Waals surface area contributed by atoms with Gasteiger partial charge in [0.15, 0.2) is 0 Å². The zero-order valence-corrected chi connectivity index (χ0v) is 9.83. The van der Waals surface area contributed by atoms with Crippen LogP contribution in [0, 0.1) is 12.3 Å². The summed E-state index contributed by atoms with van der Waals surface area (Å²) in [6.45, 7) is 6.09. The van der Waals surface area contributed by atoms with E-state index in [0.717, 1.165) is 13.1 Å². The number of ether oxygens (including phenoxy) is 1. The summed E-state index contributed by atoms with van der Waals surface area (Å²) in [5.74, 6) is 2.59. The third-order valence-electron chi connectivity index (χ3n) is 3.03. The van der Waals surface area contributed by atoms with Crippen molar-refractivity contribution in [1.29, 1.82) is 0 Å². The summed E-state index contributed by atoms with van der Waals surface area (Å²) in [6, 6.07) is 0.538. The number of nitrogens with zero attached hydrogens (tertiary/aromatic N) is 1. The molecule has 1 N–H and O–H groups in total. The van der Waals surface area contributed by atoms with Crippen molar-refractivity contribution in [2.75, 3.05) is 33.3 Å². The Morgan fingerprint density at radius 2 is 2.47 bits per heavy atom. The highest BCUT2D eigenvalue weighted by Gasteiger charge is 2.22. The minimum Gasteiger partial charge on any atom is -0.380 e. The molecule has 1 rings (SSSR count). The Kier molecular flexibility index (Phi) is 5.70. The molecule has 1 saturated heterocycles. The maximum Gasteiger partial charge on any atom is 0.0698 e. The highest BCUT2D eigenvalue weighted by atomic mass is 16.5. The molecule has 1 fully saturated rings. The van der Waals surface area contributed by atoms with Crippen molar-refractivity contribution in [2.45, 2.75) is 31.9 Å². The maximum atomic E-state index is 5.40. The number of nitrogens with one attached hydrogen (secondary N) is 1. The topological polar surface area (TPSA) is 24.5 Å². The molecule has 3 heteroatoms. The van der Waals surface area contributed by atoms with E-state index in [4.69, 9.17) is 11.2 Å². The highest BCUT2D eigenvalue weighted by Crippen LogP contribution is 2.14. The summed E-state index contributed by atoms with van der Waals surface area (Å²) in [6.07, 6.45) is 8.03. The molecule has 0 aromatic heterocycles. The van der Waals surface area contributed by atoms with Crippen molar-refractivity contribution >= 4 is 0 Å². The predicted molar refractivity (Wildman–Crippen MR) is 62.8 cm³/mol. The summed E-state index contributed by atoms with van der Waals surface area (Å²) < 4.78 is 5.40. The van der Waals surface area contributed by atoms with E-state index in [0.29, 0.717) is 18.7 Å². The van der Waals surface area contributed by atoms with Crippen molar-refractivity contribution in [1.82, 2.24) is 10.2 Å². The molecule has 0 saturated carbocycles. The van der Waals surface area contributed by atoms with Crippen LogP contribution in [0.25, 0.3) is 0 Å². The fourth-order valence-corrected chi connectivity index (χ4v) is 2.04. The lowest BCUT2D eigenvalue weighted by atomic mass is 10.1. The van der Waals surface area contributed by atoms with Gasteiger partial charge in [-0.1, -0.05) is 5.92 Å². The first-order chi connectivity index (χ1) is 7.27. The first kappa shape index (κ1) is 12.5. The predicted octanol–water partition coefficient (Wildman–Crippen LogP) is 0.709. The fraction of sp³-hybridized carbons (Fsp3) is 0.833. The van der Waals surface area contributed by atoms with Gasteiger partial charge in [-0.3, -0.25) is 4.90 Å². The minimum atomic E-state index is 0.411. The Morgan fingerprint density at radius 1 is 1.67 bits per heavy atom. The van der Waals surface area contributed by atoms with E-state index < -0.39 is 0 Å². The third-order valence-corrected chi connectivity index (χ3v) is 3.03. The standard InChI is InChI=1S/C12H22N2O/c1-4-7-13-9-11(2)14-8-5-6-12(10-14)15-3/h1,11-13H,5-10H2,2-3H3. The molecule has 2 atom stereocenters. The summed E-state index contributed by atoms with van der Waals surface area (Å²) in [5, 5.41) is 3.25. The van der Waals surface area contributed by atoms with Gasteiger partial charge in [0, 0.05) is 26.2 Å². The molecule has 3 nitrogen and oxygen atoms in total. The van der Waals surface area contributed by atoms with E-state index in [-0.39, 0.29) is 0 Å². The Bertz CT molecular complexity index is 212. The number of terminal acetylenes is 1. The molecule has 0 bridgehead atoms. The molecule has 0 aromatic carbocycles. The molecule has 0 aliphatic carbocycles. The second-order valence-corrected chi connectivity index (χ2v) is 4.18. The largest absolute Gasteiger partial charge is 0.380 e. The summed E-state index contributed by atoms with van der Waals surface area (Å²) in [4.78, 5) is 2.47. The van der Waals surface area contributed by atoms with Crippen LogP contribution in [0.5, 0.6) is 0 Å². The molecule has 15 heavy (non-hydrogen) atoms. The molecule has 86 valence electrons. The van der Waals surface area contributed by atoms with Gasteiger partial charge in [0.1, 0.15) is 0 Å². The van der Waals surface area contributed by atoms with Gasteiger partial charge in [-0.05, 0) is 26.3 Å². The monoisotopic (exact) mass is 210 g/mol.